The first-order chi connectivity index (χ1) is 9.72. The average molecular weight is 273 g/mol. The van der Waals surface area contributed by atoms with Crippen molar-refractivity contribution in [3.05, 3.63) is 51.8 Å². The second kappa shape index (κ2) is 5.38. The summed E-state index contributed by atoms with van der Waals surface area (Å²) in [6.07, 6.45) is 4.28. The van der Waals surface area contributed by atoms with E-state index >= 15 is 0 Å². The molecule has 1 aromatic heterocycles. The van der Waals surface area contributed by atoms with Crippen LogP contribution in [0.3, 0.4) is 0 Å². The molecule has 1 saturated carbocycles. The van der Waals surface area contributed by atoms with Gasteiger partial charge in [0.25, 0.3) is 5.69 Å². The molecule has 0 bridgehead atoms. The van der Waals surface area contributed by atoms with Gasteiger partial charge in [-0.15, -0.1) is 5.10 Å². The summed E-state index contributed by atoms with van der Waals surface area (Å²) in [5.74, 6) is 0. The third-order valence-corrected chi connectivity index (χ3v) is 3.26. The summed E-state index contributed by atoms with van der Waals surface area (Å²) in [6, 6.07) is 7.31. The fourth-order valence-electron chi connectivity index (χ4n) is 2.03. The molecule has 3 rings (SSSR count). The number of para-hydroxylation sites is 1. The van der Waals surface area contributed by atoms with Crippen molar-refractivity contribution in [2.45, 2.75) is 32.0 Å². The molecule has 1 heterocycles. The van der Waals surface area contributed by atoms with Gasteiger partial charge in [0.15, 0.2) is 0 Å². The van der Waals surface area contributed by atoms with E-state index in [0.717, 1.165) is 5.69 Å². The molecule has 0 aliphatic heterocycles. The van der Waals surface area contributed by atoms with Crippen molar-refractivity contribution in [1.82, 2.24) is 20.3 Å². The van der Waals surface area contributed by atoms with Gasteiger partial charge in [0.05, 0.1) is 28.9 Å². The van der Waals surface area contributed by atoms with Gasteiger partial charge >= 0.3 is 0 Å². The molecule has 104 valence electrons. The Kier molecular flexibility index (Phi) is 3.42. The Balaban J connectivity index is 1.69. The standard InChI is InChI=1S/C13H15N5O2/c19-18(20)13-4-2-1-3-10(13)8-17-9-12(15-16-17)7-14-11-5-6-11/h1-4,9,11,14H,5-8H2. The van der Waals surface area contributed by atoms with E-state index in [2.05, 4.69) is 15.6 Å². The Bertz CT molecular complexity index is 621. The van der Waals surface area contributed by atoms with Crippen LogP contribution in [0.4, 0.5) is 5.69 Å². The zero-order valence-corrected chi connectivity index (χ0v) is 10.9. The first-order valence-electron chi connectivity index (χ1n) is 6.57. The lowest BCUT2D eigenvalue weighted by Crippen LogP contribution is -2.15. The summed E-state index contributed by atoms with van der Waals surface area (Å²) in [7, 11) is 0. The zero-order chi connectivity index (χ0) is 13.9. The summed E-state index contributed by atoms with van der Waals surface area (Å²) in [4.78, 5) is 10.6. The quantitative estimate of drug-likeness (QED) is 0.636. The molecule has 7 nitrogen and oxygen atoms in total. The highest BCUT2D eigenvalue weighted by molar-refractivity contribution is 5.39. The maximum Gasteiger partial charge on any atom is 0.274 e. The van der Waals surface area contributed by atoms with Gasteiger partial charge in [0.2, 0.25) is 0 Å². The van der Waals surface area contributed by atoms with Crippen LogP contribution in [-0.2, 0) is 13.1 Å². The Labute approximate surface area is 115 Å². The molecule has 0 saturated heterocycles. The number of benzene rings is 1. The fourth-order valence-corrected chi connectivity index (χ4v) is 2.03. The second-order valence-electron chi connectivity index (χ2n) is 4.95. The van der Waals surface area contributed by atoms with Gasteiger partial charge in [-0.25, -0.2) is 4.68 Å². The highest BCUT2D eigenvalue weighted by Crippen LogP contribution is 2.20. The summed E-state index contributed by atoms with van der Waals surface area (Å²) < 4.78 is 1.63. The Morgan fingerprint density at radius 2 is 2.20 bits per heavy atom. The molecule has 20 heavy (non-hydrogen) atoms. The predicted molar refractivity (Wildman–Crippen MR) is 72.1 cm³/mol. The highest BCUT2D eigenvalue weighted by atomic mass is 16.6. The number of hydrogen-bond acceptors (Lipinski definition) is 5. The highest BCUT2D eigenvalue weighted by Gasteiger charge is 2.20. The molecule has 1 aromatic carbocycles. The van der Waals surface area contributed by atoms with E-state index in [1.54, 1.807) is 22.9 Å². The molecular formula is C13H15N5O2. The predicted octanol–water partition coefficient (Wildman–Crippen LogP) is 1.49. The number of aromatic nitrogens is 3. The third-order valence-electron chi connectivity index (χ3n) is 3.26. The van der Waals surface area contributed by atoms with Crippen LogP contribution in [0.25, 0.3) is 0 Å². The van der Waals surface area contributed by atoms with Crippen LogP contribution >= 0.6 is 0 Å². The topological polar surface area (TPSA) is 85.9 Å². The van der Waals surface area contributed by atoms with Crippen LogP contribution < -0.4 is 5.32 Å². The van der Waals surface area contributed by atoms with Gasteiger partial charge in [-0.05, 0) is 12.8 Å². The molecule has 1 N–H and O–H groups in total. The fraction of sp³-hybridized carbons (Fsp3) is 0.385. The minimum Gasteiger partial charge on any atom is -0.308 e. The van der Waals surface area contributed by atoms with Crippen LogP contribution in [-0.4, -0.2) is 26.0 Å². The minimum absolute atomic E-state index is 0.112. The summed E-state index contributed by atoms with van der Waals surface area (Å²) in [5.41, 5.74) is 1.60. The van der Waals surface area contributed by atoms with Crippen molar-refractivity contribution in [2.24, 2.45) is 0 Å². The molecule has 7 heteroatoms. The molecule has 1 aliphatic rings. The first kappa shape index (κ1) is 12.7. The number of rotatable bonds is 6. The number of nitro benzene ring substituents is 1. The van der Waals surface area contributed by atoms with E-state index in [1.807, 2.05) is 6.20 Å². The molecule has 0 unspecified atom stereocenters. The van der Waals surface area contributed by atoms with Crippen molar-refractivity contribution in [2.75, 3.05) is 0 Å². The zero-order valence-electron chi connectivity index (χ0n) is 10.9. The summed E-state index contributed by atoms with van der Waals surface area (Å²) >= 11 is 0. The summed E-state index contributed by atoms with van der Waals surface area (Å²) in [6.45, 7) is 1.05. The normalized spacial score (nSPS) is 14.4. The maximum absolute atomic E-state index is 11.0. The van der Waals surface area contributed by atoms with E-state index < -0.39 is 0 Å². The lowest BCUT2D eigenvalue weighted by atomic mass is 10.2. The van der Waals surface area contributed by atoms with Gasteiger partial charge in [-0.3, -0.25) is 10.1 Å². The molecule has 2 aromatic rings. The van der Waals surface area contributed by atoms with Crippen molar-refractivity contribution >= 4 is 5.69 Å². The smallest absolute Gasteiger partial charge is 0.274 e. The van der Waals surface area contributed by atoms with Crippen molar-refractivity contribution in [3.63, 3.8) is 0 Å². The number of nitrogens with one attached hydrogen (secondary N) is 1. The molecule has 1 aliphatic carbocycles. The van der Waals surface area contributed by atoms with E-state index in [0.29, 0.717) is 24.7 Å². The lowest BCUT2D eigenvalue weighted by Gasteiger charge is -2.02. The Morgan fingerprint density at radius 3 is 2.95 bits per heavy atom. The van der Waals surface area contributed by atoms with Gasteiger partial charge in [0.1, 0.15) is 0 Å². The third kappa shape index (κ3) is 3.00. The molecule has 0 radical (unpaired) electrons. The molecular weight excluding hydrogens is 258 g/mol. The Hall–Kier alpha value is -2.28. The number of nitrogens with zero attached hydrogens (tertiary/aromatic N) is 4. The van der Waals surface area contributed by atoms with Crippen LogP contribution in [0.1, 0.15) is 24.1 Å². The van der Waals surface area contributed by atoms with Crippen molar-refractivity contribution in [3.8, 4) is 0 Å². The lowest BCUT2D eigenvalue weighted by molar-refractivity contribution is -0.385. The average Bonchev–Trinajstić information content (AvgIpc) is 3.17. The second-order valence-corrected chi connectivity index (χ2v) is 4.95. The van der Waals surface area contributed by atoms with E-state index in [9.17, 15) is 10.1 Å². The van der Waals surface area contributed by atoms with Gasteiger partial charge < -0.3 is 5.32 Å². The molecule has 0 atom stereocenters. The van der Waals surface area contributed by atoms with Crippen LogP contribution in [0, 0.1) is 10.1 Å². The molecule has 1 fully saturated rings. The van der Waals surface area contributed by atoms with Gasteiger partial charge in [0, 0.05) is 18.7 Å². The van der Waals surface area contributed by atoms with Gasteiger partial charge in [-0.1, -0.05) is 23.4 Å². The first-order valence-corrected chi connectivity index (χ1v) is 6.57. The van der Waals surface area contributed by atoms with Crippen LogP contribution in [0.5, 0.6) is 0 Å². The van der Waals surface area contributed by atoms with Crippen molar-refractivity contribution in [1.29, 1.82) is 0 Å². The van der Waals surface area contributed by atoms with Crippen LogP contribution in [0.2, 0.25) is 0 Å². The largest absolute Gasteiger partial charge is 0.308 e. The molecule has 0 amide bonds. The minimum atomic E-state index is -0.373. The van der Waals surface area contributed by atoms with Crippen LogP contribution in [0.15, 0.2) is 30.5 Å². The van der Waals surface area contributed by atoms with E-state index in [1.165, 1.54) is 18.9 Å². The monoisotopic (exact) mass is 273 g/mol. The molecule has 0 spiro atoms. The summed E-state index contributed by atoms with van der Waals surface area (Å²) in [5, 5.41) is 22.4. The van der Waals surface area contributed by atoms with E-state index in [-0.39, 0.29) is 10.6 Å². The number of nitro groups is 1. The maximum atomic E-state index is 11.0. The Morgan fingerprint density at radius 1 is 1.40 bits per heavy atom. The SMILES string of the molecule is O=[N+]([O-])c1ccccc1Cn1cc(CNC2CC2)nn1. The van der Waals surface area contributed by atoms with E-state index in [4.69, 9.17) is 0 Å². The van der Waals surface area contributed by atoms with Crippen molar-refractivity contribution < 1.29 is 4.92 Å². The van der Waals surface area contributed by atoms with Gasteiger partial charge in [-0.2, -0.15) is 0 Å². The number of hydrogen-bond donors (Lipinski definition) is 1.